The van der Waals surface area contributed by atoms with Gasteiger partial charge in [0.25, 0.3) is 0 Å². The van der Waals surface area contributed by atoms with Crippen LogP contribution in [0.5, 0.6) is 11.5 Å². The average molecular weight is 415 g/mol. The number of amides is 1. The Bertz CT molecular complexity index is 653. The first kappa shape index (κ1) is 24.5. The lowest BCUT2D eigenvalue weighted by Crippen LogP contribution is -2.75. The van der Waals surface area contributed by atoms with Gasteiger partial charge in [-0.15, -0.1) is 12.4 Å². The summed E-state index contributed by atoms with van der Waals surface area (Å²) in [5, 5.41) is 3.00. The number of benzene rings is 1. The molecule has 1 aromatic rings. The molecule has 1 aliphatic carbocycles. The molecule has 6 nitrogen and oxygen atoms in total. The monoisotopic (exact) mass is 414 g/mol. The van der Waals surface area contributed by atoms with Crippen LogP contribution < -0.4 is 20.5 Å². The molecule has 1 amide bonds. The van der Waals surface area contributed by atoms with Crippen molar-refractivity contribution in [2.24, 2.45) is 11.1 Å². The first-order chi connectivity index (χ1) is 12.8. The lowest BCUT2D eigenvalue weighted by atomic mass is 9.54. The summed E-state index contributed by atoms with van der Waals surface area (Å²) in [6.45, 7) is 9.73. The topological polar surface area (TPSA) is 82.8 Å². The third-order valence-electron chi connectivity index (χ3n) is 5.69. The SMILES string of the molecule is CCOc1cc(CCCNC(=O)C2(N)CC(OCC)C2(C)C)ccc1OC.Cl. The second-order valence-electron chi connectivity index (χ2n) is 7.62. The summed E-state index contributed by atoms with van der Waals surface area (Å²) in [5.41, 5.74) is 6.32. The molecule has 2 unspecified atom stereocenters. The second-order valence-corrected chi connectivity index (χ2v) is 7.62. The third kappa shape index (κ3) is 4.91. The Morgan fingerprint density at radius 3 is 2.54 bits per heavy atom. The van der Waals surface area contributed by atoms with Gasteiger partial charge in [0.15, 0.2) is 11.5 Å². The van der Waals surface area contributed by atoms with Gasteiger partial charge in [-0.05, 0) is 44.4 Å². The summed E-state index contributed by atoms with van der Waals surface area (Å²) in [5.74, 6) is 1.39. The van der Waals surface area contributed by atoms with Crippen molar-refractivity contribution in [3.63, 3.8) is 0 Å². The van der Waals surface area contributed by atoms with Gasteiger partial charge in [-0.3, -0.25) is 4.79 Å². The van der Waals surface area contributed by atoms with Crippen LogP contribution in [-0.2, 0) is 16.0 Å². The summed E-state index contributed by atoms with van der Waals surface area (Å²) in [7, 11) is 1.63. The van der Waals surface area contributed by atoms with Crippen LogP contribution in [0, 0.1) is 5.41 Å². The van der Waals surface area contributed by atoms with Gasteiger partial charge in [0.2, 0.25) is 5.91 Å². The Hall–Kier alpha value is -1.50. The van der Waals surface area contributed by atoms with E-state index in [0.717, 1.165) is 29.9 Å². The van der Waals surface area contributed by atoms with E-state index >= 15 is 0 Å². The van der Waals surface area contributed by atoms with Gasteiger partial charge < -0.3 is 25.3 Å². The number of rotatable bonds is 10. The molecule has 1 aromatic carbocycles. The predicted molar refractivity (Wildman–Crippen MR) is 113 cm³/mol. The fourth-order valence-corrected chi connectivity index (χ4v) is 3.62. The number of halogens is 1. The van der Waals surface area contributed by atoms with E-state index in [1.165, 1.54) is 0 Å². The quantitative estimate of drug-likeness (QED) is 0.575. The van der Waals surface area contributed by atoms with Crippen LogP contribution in [-0.4, -0.2) is 44.4 Å². The number of nitrogens with one attached hydrogen (secondary N) is 1. The van der Waals surface area contributed by atoms with Gasteiger partial charge in [-0.2, -0.15) is 0 Å². The van der Waals surface area contributed by atoms with Gasteiger partial charge in [0.1, 0.15) is 5.54 Å². The molecule has 0 bridgehead atoms. The highest BCUT2D eigenvalue weighted by Crippen LogP contribution is 2.49. The van der Waals surface area contributed by atoms with E-state index in [9.17, 15) is 4.79 Å². The molecule has 3 N–H and O–H groups in total. The van der Waals surface area contributed by atoms with Crippen LogP contribution in [0.2, 0.25) is 0 Å². The van der Waals surface area contributed by atoms with Gasteiger partial charge in [-0.25, -0.2) is 0 Å². The lowest BCUT2D eigenvalue weighted by Gasteiger charge is -2.57. The lowest BCUT2D eigenvalue weighted by molar-refractivity contribution is -0.170. The molecule has 0 radical (unpaired) electrons. The van der Waals surface area contributed by atoms with Gasteiger partial charge in [-0.1, -0.05) is 19.9 Å². The predicted octanol–water partition coefficient (Wildman–Crippen LogP) is 3.10. The molecule has 0 spiro atoms. The maximum absolute atomic E-state index is 12.6. The molecule has 160 valence electrons. The highest BCUT2D eigenvalue weighted by atomic mass is 35.5. The van der Waals surface area contributed by atoms with Crippen molar-refractivity contribution in [3.05, 3.63) is 23.8 Å². The zero-order valence-corrected chi connectivity index (χ0v) is 18.5. The zero-order valence-electron chi connectivity index (χ0n) is 17.7. The zero-order chi connectivity index (χ0) is 20.1. The number of ether oxygens (including phenoxy) is 3. The maximum Gasteiger partial charge on any atom is 0.240 e. The van der Waals surface area contributed by atoms with Gasteiger partial charge in [0.05, 0.1) is 19.8 Å². The molecule has 1 saturated carbocycles. The first-order valence-corrected chi connectivity index (χ1v) is 9.78. The molecule has 0 heterocycles. The number of hydrogen-bond donors (Lipinski definition) is 2. The van der Waals surface area contributed by atoms with Gasteiger partial charge in [0, 0.05) is 25.0 Å². The molecule has 1 aliphatic rings. The Balaban J connectivity index is 0.00000392. The van der Waals surface area contributed by atoms with Gasteiger partial charge >= 0.3 is 0 Å². The molecular weight excluding hydrogens is 380 g/mol. The molecule has 2 atom stereocenters. The summed E-state index contributed by atoms with van der Waals surface area (Å²) >= 11 is 0. The second kappa shape index (κ2) is 10.3. The van der Waals surface area contributed by atoms with E-state index < -0.39 is 5.54 Å². The summed E-state index contributed by atoms with van der Waals surface area (Å²) in [6, 6.07) is 5.93. The van der Waals surface area contributed by atoms with Crippen LogP contribution >= 0.6 is 12.4 Å². The first-order valence-electron chi connectivity index (χ1n) is 9.78. The Morgan fingerprint density at radius 2 is 1.96 bits per heavy atom. The molecular formula is C21H35ClN2O4. The van der Waals surface area contributed by atoms with E-state index in [1.54, 1.807) is 7.11 Å². The fraction of sp³-hybridized carbons (Fsp3) is 0.667. The third-order valence-corrected chi connectivity index (χ3v) is 5.69. The van der Waals surface area contributed by atoms with Crippen molar-refractivity contribution >= 4 is 18.3 Å². The van der Waals surface area contributed by atoms with Crippen molar-refractivity contribution in [2.75, 3.05) is 26.9 Å². The normalized spacial score (nSPS) is 22.6. The molecule has 0 saturated heterocycles. The smallest absolute Gasteiger partial charge is 0.240 e. The standard InChI is InChI=1S/C21H34N2O4.ClH/c1-6-26-17-13-15(10-11-16(17)25-5)9-8-12-23-19(24)21(22)14-18(27-7-2)20(21,3)4;/h10-11,13,18H,6-9,12,14,22H2,1-5H3,(H,23,24);1H. The number of carbonyl (C=O) groups excluding carboxylic acids is 1. The Kier molecular flexibility index (Phi) is 9.05. The average Bonchev–Trinajstić information content (AvgIpc) is 2.65. The minimum absolute atomic E-state index is 0. The highest BCUT2D eigenvalue weighted by molar-refractivity contribution is 5.88. The minimum atomic E-state index is -0.866. The summed E-state index contributed by atoms with van der Waals surface area (Å²) < 4.78 is 16.6. The number of methoxy groups -OCH3 is 1. The van der Waals surface area contributed by atoms with E-state index in [-0.39, 0.29) is 29.8 Å². The Morgan fingerprint density at radius 1 is 1.25 bits per heavy atom. The van der Waals surface area contributed by atoms with Crippen LogP contribution in [0.15, 0.2) is 18.2 Å². The number of hydrogen-bond acceptors (Lipinski definition) is 5. The van der Waals surface area contributed by atoms with E-state index in [4.69, 9.17) is 19.9 Å². The molecule has 28 heavy (non-hydrogen) atoms. The van der Waals surface area contributed by atoms with Crippen molar-refractivity contribution in [1.82, 2.24) is 5.32 Å². The van der Waals surface area contributed by atoms with E-state index in [2.05, 4.69) is 5.32 Å². The Labute approximate surface area is 174 Å². The number of carbonyl (C=O) groups is 1. The maximum atomic E-state index is 12.6. The van der Waals surface area contributed by atoms with Crippen molar-refractivity contribution in [1.29, 1.82) is 0 Å². The molecule has 2 rings (SSSR count). The van der Waals surface area contributed by atoms with Crippen molar-refractivity contribution in [2.45, 2.75) is 58.6 Å². The van der Waals surface area contributed by atoms with Crippen LogP contribution in [0.3, 0.4) is 0 Å². The molecule has 0 aromatic heterocycles. The van der Waals surface area contributed by atoms with E-state index in [0.29, 0.717) is 26.2 Å². The number of nitrogens with two attached hydrogens (primary N) is 1. The molecule has 0 aliphatic heterocycles. The molecule has 7 heteroatoms. The summed E-state index contributed by atoms with van der Waals surface area (Å²) in [4.78, 5) is 12.6. The van der Waals surface area contributed by atoms with Crippen LogP contribution in [0.4, 0.5) is 0 Å². The minimum Gasteiger partial charge on any atom is -0.493 e. The van der Waals surface area contributed by atoms with Crippen LogP contribution in [0.25, 0.3) is 0 Å². The van der Waals surface area contributed by atoms with E-state index in [1.807, 2.05) is 45.9 Å². The molecule has 1 fully saturated rings. The summed E-state index contributed by atoms with van der Waals surface area (Å²) in [6.07, 6.45) is 2.27. The van der Waals surface area contributed by atoms with Crippen molar-refractivity contribution < 1.29 is 19.0 Å². The largest absolute Gasteiger partial charge is 0.493 e. The van der Waals surface area contributed by atoms with Crippen molar-refractivity contribution in [3.8, 4) is 11.5 Å². The number of aryl methyl sites for hydroxylation is 1. The van der Waals surface area contributed by atoms with Crippen LogP contribution in [0.1, 0.15) is 46.1 Å². The highest BCUT2D eigenvalue weighted by Gasteiger charge is 2.62. The fourth-order valence-electron chi connectivity index (χ4n) is 3.62.